The normalized spacial score (nSPS) is 21.2. The highest BCUT2D eigenvalue weighted by Crippen LogP contribution is 2.15. The van der Waals surface area contributed by atoms with Crippen LogP contribution in [0.5, 0.6) is 0 Å². The van der Waals surface area contributed by atoms with E-state index in [0.29, 0.717) is 12.1 Å². The Hall–Kier alpha value is -1.16. The molecule has 82 valence electrons. The monoisotopic (exact) mass is 207 g/mol. The van der Waals surface area contributed by atoms with Gasteiger partial charge in [-0.15, -0.1) is 0 Å². The van der Waals surface area contributed by atoms with Gasteiger partial charge in [-0.3, -0.25) is 0 Å². The third-order valence-electron chi connectivity index (χ3n) is 2.59. The first-order chi connectivity index (χ1) is 7.45. The molecular weight excluding hydrogens is 190 g/mol. The van der Waals surface area contributed by atoms with Gasteiger partial charge in [0.1, 0.15) is 0 Å². The van der Waals surface area contributed by atoms with Crippen molar-refractivity contribution in [1.82, 2.24) is 9.97 Å². The van der Waals surface area contributed by atoms with Crippen molar-refractivity contribution in [2.45, 2.75) is 31.8 Å². The zero-order chi connectivity index (χ0) is 10.3. The quantitative estimate of drug-likeness (QED) is 0.818. The lowest BCUT2D eigenvalue weighted by Gasteiger charge is -2.22. The van der Waals surface area contributed by atoms with Crippen molar-refractivity contribution in [2.24, 2.45) is 0 Å². The van der Waals surface area contributed by atoms with Crippen molar-refractivity contribution in [3.8, 4) is 0 Å². The zero-order valence-corrected chi connectivity index (χ0v) is 8.85. The summed E-state index contributed by atoms with van der Waals surface area (Å²) in [6, 6.07) is 1.81. The van der Waals surface area contributed by atoms with E-state index >= 15 is 0 Å². The van der Waals surface area contributed by atoms with Crippen LogP contribution in [0.4, 0.5) is 5.95 Å². The van der Waals surface area contributed by atoms with Crippen molar-refractivity contribution in [1.29, 1.82) is 0 Å². The number of rotatable bonds is 4. The van der Waals surface area contributed by atoms with Gasteiger partial charge in [0.2, 0.25) is 5.95 Å². The third-order valence-corrected chi connectivity index (χ3v) is 2.59. The Morgan fingerprint density at radius 3 is 2.93 bits per heavy atom. The number of nitrogens with zero attached hydrogens (tertiary/aromatic N) is 2. The van der Waals surface area contributed by atoms with Crippen LogP contribution >= 0.6 is 0 Å². The van der Waals surface area contributed by atoms with Gasteiger partial charge < -0.3 is 10.1 Å². The molecule has 4 nitrogen and oxygen atoms in total. The Balaban J connectivity index is 1.66. The number of ether oxygens (including phenoxy) is 1. The summed E-state index contributed by atoms with van der Waals surface area (Å²) in [7, 11) is 0. The number of hydrogen-bond donors (Lipinski definition) is 1. The molecule has 2 rings (SSSR count). The van der Waals surface area contributed by atoms with Crippen LogP contribution in [0.1, 0.15) is 25.7 Å². The summed E-state index contributed by atoms with van der Waals surface area (Å²) >= 11 is 0. The number of nitrogens with one attached hydrogen (secondary N) is 1. The molecule has 1 fully saturated rings. The first-order valence-corrected chi connectivity index (χ1v) is 5.57. The van der Waals surface area contributed by atoms with Crippen LogP contribution in [-0.2, 0) is 4.74 Å². The Morgan fingerprint density at radius 2 is 2.20 bits per heavy atom. The lowest BCUT2D eigenvalue weighted by molar-refractivity contribution is 0.0134. The fourth-order valence-corrected chi connectivity index (χ4v) is 1.77. The Morgan fingerprint density at radius 1 is 1.33 bits per heavy atom. The lowest BCUT2D eigenvalue weighted by Crippen LogP contribution is -2.22. The molecular formula is C11H17N3O. The van der Waals surface area contributed by atoms with Crippen LogP contribution in [0.3, 0.4) is 0 Å². The summed E-state index contributed by atoms with van der Waals surface area (Å²) < 4.78 is 5.64. The van der Waals surface area contributed by atoms with Crippen LogP contribution in [-0.4, -0.2) is 29.2 Å². The number of anilines is 1. The second-order valence-corrected chi connectivity index (χ2v) is 3.78. The van der Waals surface area contributed by atoms with E-state index in [1.807, 2.05) is 6.07 Å². The second-order valence-electron chi connectivity index (χ2n) is 3.78. The maximum absolute atomic E-state index is 5.64. The Kier molecular flexibility index (Phi) is 3.91. The van der Waals surface area contributed by atoms with Crippen molar-refractivity contribution in [3.05, 3.63) is 18.5 Å². The first kappa shape index (κ1) is 10.4. The third kappa shape index (κ3) is 3.47. The van der Waals surface area contributed by atoms with E-state index in [1.165, 1.54) is 19.3 Å². The van der Waals surface area contributed by atoms with Crippen LogP contribution in [0.15, 0.2) is 18.5 Å². The molecule has 1 atom stereocenters. The minimum atomic E-state index is 0.426. The smallest absolute Gasteiger partial charge is 0.222 e. The summed E-state index contributed by atoms with van der Waals surface area (Å²) in [6.07, 6.45) is 8.65. The highest BCUT2D eigenvalue weighted by Gasteiger charge is 2.12. The summed E-state index contributed by atoms with van der Waals surface area (Å²) in [5.41, 5.74) is 0. The van der Waals surface area contributed by atoms with E-state index in [9.17, 15) is 0 Å². The van der Waals surface area contributed by atoms with Crippen LogP contribution in [0.25, 0.3) is 0 Å². The predicted molar refractivity (Wildman–Crippen MR) is 58.7 cm³/mol. The molecule has 1 aromatic heterocycles. The molecule has 0 bridgehead atoms. The molecule has 1 saturated heterocycles. The largest absolute Gasteiger partial charge is 0.378 e. The van der Waals surface area contributed by atoms with Gasteiger partial charge in [0, 0.05) is 25.5 Å². The average molecular weight is 207 g/mol. The maximum atomic E-state index is 5.64. The van der Waals surface area contributed by atoms with Crippen molar-refractivity contribution in [2.75, 3.05) is 18.5 Å². The van der Waals surface area contributed by atoms with E-state index < -0.39 is 0 Å². The molecule has 1 aromatic rings. The predicted octanol–water partition coefficient (Wildman–Crippen LogP) is 1.85. The highest BCUT2D eigenvalue weighted by molar-refractivity contribution is 5.21. The number of aromatic nitrogens is 2. The molecule has 4 heteroatoms. The van der Waals surface area contributed by atoms with Gasteiger partial charge in [-0.2, -0.15) is 0 Å². The maximum Gasteiger partial charge on any atom is 0.222 e. The van der Waals surface area contributed by atoms with Crippen LogP contribution in [0.2, 0.25) is 0 Å². The standard InChI is InChI=1S/C11H17N3O/c1-2-9-15-10(4-1)5-8-14-11-12-6-3-7-13-11/h3,6-7,10H,1-2,4-5,8-9H2,(H,12,13,14). The van der Waals surface area contributed by atoms with Gasteiger partial charge in [-0.05, 0) is 31.7 Å². The molecule has 0 amide bonds. The molecule has 0 saturated carbocycles. The van der Waals surface area contributed by atoms with Gasteiger partial charge >= 0.3 is 0 Å². The molecule has 2 heterocycles. The minimum Gasteiger partial charge on any atom is -0.378 e. The van der Waals surface area contributed by atoms with Crippen molar-refractivity contribution < 1.29 is 4.74 Å². The summed E-state index contributed by atoms with van der Waals surface area (Å²) in [5, 5.41) is 3.19. The van der Waals surface area contributed by atoms with E-state index in [1.54, 1.807) is 12.4 Å². The average Bonchev–Trinajstić information content (AvgIpc) is 2.32. The summed E-state index contributed by atoms with van der Waals surface area (Å²) in [4.78, 5) is 8.20. The summed E-state index contributed by atoms with van der Waals surface area (Å²) in [6.45, 7) is 1.81. The van der Waals surface area contributed by atoms with E-state index in [2.05, 4.69) is 15.3 Å². The molecule has 0 radical (unpaired) electrons. The topological polar surface area (TPSA) is 47.0 Å². The Bertz CT molecular complexity index is 272. The van der Waals surface area contributed by atoms with E-state index in [4.69, 9.17) is 4.74 Å². The van der Waals surface area contributed by atoms with Crippen LogP contribution in [0, 0.1) is 0 Å². The van der Waals surface area contributed by atoms with Gasteiger partial charge in [-0.25, -0.2) is 9.97 Å². The molecule has 1 unspecified atom stereocenters. The zero-order valence-electron chi connectivity index (χ0n) is 8.85. The Labute approximate surface area is 90.1 Å². The molecule has 1 aliphatic rings. The molecule has 1 aliphatic heterocycles. The van der Waals surface area contributed by atoms with E-state index in [-0.39, 0.29) is 0 Å². The summed E-state index contributed by atoms with van der Waals surface area (Å²) in [5.74, 6) is 0.702. The molecule has 0 aliphatic carbocycles. The van der Waals surface area contributed by atoms with Gasteiger partial charge in [-0.1, -0.05) is 0 Å². The highest BCUT2D eigenvalue weighted by atomic mass is 16.5. The molecule has 1 N–H and O–H groups in total. The fourth-order valence-electron chi connectivity index (χ4n) is 1.77. The fraction of sp³-hybridized carbons (Fsp3) is 0.636. The minimum absolute atomic E-state index is 0.426. The van der Waals surface area contributed by atoms with Gasteiger partial charge in [0.25, 0.3) is 0 Å². The van der Waals surface area contributed by atoms with E-state index in [0.717, 1.165) is 19.6 Å². The van der Waals surface area contributed by atoms with Gasteiger partial charge in [0.05, 0.1) is 6.10 Å². The second kappa shape index (κ2) is 5.66. The molecule has 0 aromatic carbocycles. The van der Waals surface area contributed by atoms with Crippen LogP contribution < -0.4 is 5.32 Å². The van der Waals surface area contributed by atoms with Crippen molar-refractivity contribution in [3.63, 3.8) is 0 Å². The molecule has 0 spiro atoms. The van der Waals surface area contributed by atoms with Crippen molar-refractivity contribution >= 4 is 5.95 Å². The number of hydrogen-bond acceptors (Lipinski definition) is 4. The molecule has 15 heavy (non-hydrogen) atoms. The SMILES string of the molecule is c1cnc(NCCC2CCCCO2)nc1. The lowest BCUT2D eigenvalue weighted by atomic mass is 10.1. The van der Waals surface area contributed by atoms with Gasteiger partial charge in [0.15, 0.2) is 0 Å². The first-order valence-electron chi connectivity index (χ1n) is 5.57.